The summed E-state index contributed by atoms with van der Waals surface area (Å²) in [4.78, 5) is 40.7. The molecule has 1 fully saturated rings. The van der Waals surface area contributed by atoms with Gasteiger partial charge in [0, 0.05) is 45.9 Å². The van der Waals surface area contributed by atoms with Gasteiger partial charge in [-0.1, -0.05) is 6.92 Å². The van der Waals surface area contributed by atoms with Gasteiger partial charge in [0.05, 0.1) is 22.8 Å². The van der Waals surface area contributed by atoms with Crippen molar-refractivity contribution in [1.82, 2.24) is 19.9 Å². The lowest BCUT2D eigenvalue weighted by molar-refractivity contribution is -0.138. The summed E-state index contributed by atoms with van der Waals surface area (Å²) in [5.74, 6) is -0.877. The molecule has 3 aliphatic heterocycles. The maximum atomic E-state index is 11.8. The van der Waals surface area contributed by atoms with Crippen LogP contribution in [0.25, 0.3) is 44.4 Å². The number of aromatic nitrogens is 4. The minimum atomic E-state index is -1.09. The highest BCUT2D eigenvalue weighted by Crippen LogP contribution is 2.46. The zero-order chi connectivity index (χ0) is 31.4. The fraction of sp³-hybridized carbons (Fsp3) is 0.353. The van der Waals surface area contributed by atoms with Gasteiger partial charge in [-0.05, 0) is 109 Å². The second-order valence-electron chi connectivity index (χ2n) is 11.8. The van der Waals surface area contributed by atoms with Crippen LogP contribution in [0.2, 0.25) is 0 Å². The first-order valence-electron chi connectivity index (χ1n) is 14.9. The Balaban J connectivity index is 1.73. The van der Waals surface area contributed by atoms with E-state index in [1.54, 1.807) is 0 Å². The molecule has 1 saturated heterocycles. The number of aliphatic carboxylic acids is 2. The number of rotatable bonds is 8. The van der Waals surface area contributed by atoms with E-state index in [0.29, 0.717) is 17.4 Å². The summed E-state index contributed by atoms with van der Waals surface area (Å²) in [6, 6.07) is 7.07. The quantitative estimate of drug-likeness (QED) is 0.186. The summed E-state index contributed by atoms with van der Waals surface area (Å²) in [6.07, 6.45) is 1.25. The number of nitrogens with one attached hydrogen (secondary N) is 2. The average Bonchev–Trinajstić information content (AvgIpc) is 3.53. The summed E-state index contributed by atoms with van der Waals surface area (Å²) in [7, 11) is 0. The third-order valence-electron chi connectivity index (χ3n) is 9.06. The molecule has 44 heavy (non-hydrogen) atoms. The Morgan fingerprint density at radius 2 is 1.43 bits per heavy atom. The molecule has 0 spiro atoms. The van der Waals surface area contributed by atoms with Crippen molar-refractivity contribution in [1.29, 1.82) is 0 Å². The van der Waals surface area contributed by atoms with E-state index in [1.807, 2.05) is 37.7 Å². The van der Waals surface area contributed by atoms with Gasteiger partial charge in [-0.3, -0.25) is 9.59 Å². The number of nitrogens with two attached hydrogens (primary N) is 1. The smallest absolute Gasteiger partial charge is 0.320 e. The Bertz CT molecular complexity index is 1960. The van der Waals surface area contributed by atoms with Crippen LogP contribution in [0, 0.1) is 13.8 Å². The van der Waals surface area contributed by atoms with Gasteiger partial charge in [0.2, 0.25) is 0 Å². The maximum Gasteiger partial charge on any atom is 0.320 e. The third-order valence-corrected chi connectivity index (χ3v) is 9.96. The lowest BCUT2D eigenvalue weighted by atomic mass is 9.98. The van der Waals surface area contributed by atoms with Gasteiger partial charge in [-0.15, -0.1) is 0 Å². The maximum absolute atomic E-state index is 11.8. The monoisotopic (exact) mass is 611 g/mol. The first kappa shape index (κ1) is 29.9. The lowest BCUT2D eigenvalue weighted by Crippen LogP contribution is -2.30. The van der Waals surface area contributed by atoms with E-state index < -0.39 is 18.0 Å². The molecule has 6 rings (SSSR count). The molecule has 0 amide bonds. The van der Waals surface area contributed by atoms with E-state index in [-0.39, 0.29) is 12.8 Å². The molecule has 0 aliphatic carbocycles. The number of H-pyrrole nitrogens is 2. The van der Waals surface area contributed by atoms with Crippen LogP contribution in [0.1, 0.15) is 78.6 Å². The van der Waals surface area contributed by atoms with Gasteiger partial charge in [0.25, 0.3) is 0 Å². The molecule has 3 aromatic rings. The molecule has 3 aliphatic rings. The summed E-state index contributed by atoms with van der Waals surface area (Å²) in [5, 5.41) is 19.6. The molecule has 0 saturated carbocycles. The number of allylic oxidation sites excluding steroid dienone is 2. The zero-order valence-electron chi connectivity index (χ0n) is 25.6. The Morgan fingerprint density at radius 1 is 0.886 bits per heavy atom. The topological polar surface area (TPSA) is 158 Å². The minimum absolute atomic E-state index is 0.0217. The van der Waals surface area contributed by atoms with E-state index >= 15 is 0 Å². The lowest BCUT2D eigenvalue weighted by Gasteiger charge is -2.09. The third kappa shape index (κ3) is 5.37. The highest BCUT2D eigenvalue weighted by molar-refractivity contribution is 8.07. The van der Waals surface area contributed by atoms with Crippen LogP contribution in [0.4, 0.5) is 0 Å². The van der Waals surface area contributed by atoms with E-state index in [2.05, 4.69) is 42.9 Å². The molecule has 0 radical (unpaired) electrons. The Morgan fingerprint density at radius 3 is 2.05 bits per heavy atom. The molecule has 0 unspecified atom stereocenters. The van der Waals surface area contributed by atoms with Crippen molar-refractivity contribution in [2.75, 3.05) is 5.75 Å². The highest BCUT2D eigenvalue weighted by atomic mass is 32.2. The Hall–Kier alpha value is -4.15. The van der Waals surface area contributed by atoms with Crippen LogP contribution in [-0.4, -0.2) is 59.1 Å². The van der Waals surface area contributed by atoms with Crippen molar-refractivity contribution >= 4 is 68.1 Å². The average molecular weight is 612 g/mol. The number of aromatic amines is 2. The van der Waals surface area contributed by atoms with Crippen molar-refractivity contribution in [3.63, 3.8) is 0 Å². The number of thioether (sulfide) groups is 1. The van der Waals surface area contributed by atoms with E-state index in [1.165, 1.54) is 16.7 Å². The predicted molar refractivity (Wildman–Crippen MR) is 177 cm³/mol. The fourth-order valence-corrected chi connectivity index (χ4v) is 7.10. The Kier molecular flexibility index (Phi) is 7.75. The van der Waals surface area contributed by atoms with Crippen molar-refractivity contribution in [3.05, 3.63) is 69.3 Å². The molecule has 3 aromatic heterocycles. The second-order valence-corrected chi connectivity index (χ2v) is 13.0. The van der Waals surface area contributed by atoms with Gasteiger partial charge in [-0.25, -0.2) is 9.97 Å². The molecular formula is C34H37N5O4S. The molecule has 8 bridgehead atoms. The van der Waals surface area contributed by atoms with Crippen LogP contribution in [0.15, 0.2) is 24.3 Å². The second kappa shape index (κ2) is 11.4. The largest absolute Gasteiger partial charge is 0.481 e. The van der Waals surface area contributed by atoms with Gasteiger partial charge in [-0.2, -0.15) is 11.8 Å². The summed E-state index contributed by atoms with van der Waals surface area (Å²) >= 11 is 1.92. The number of fused-ring (bicyclic) bond motifs is 8. The van der Waals surface area contributed by atoms with Gasteiger partial charge in [0.15, 0.2) is 0 Å². The van der Waals surface area contributed by atoms with Crippen molar-refractivity contribution in [2.24, 2.45) is 5.73 Å². The molecular weight excluding hydrogens is 574 g/mol. The van der Waals surface area contributed by atoms with Crippen molar-refractivity contribution in [2.45, 2.75) is 71.6 Å². The zero-order valence-corrected chi connectivity index (χ0v) is 26.4. The number of hydrogen-bond donors (Lipinski definition) is 5. The van der Waals surface area contributed by atoms with Crippen molar-refractivity contribution in [3.8, 4) is 0 Å². The fourth-order valence-electron chi connectivity index (χ4n) is 6.38. The normalized spacial score (nSPS) is 16.9. The number of carbonyl (C=O) groups is 2. The van der Waals surface area contributed by atoms with Crippen LogP contribution in [0.5, 0.6) is 0 Å². The molecule has 2 atom stereocenters. The predicted octanol–water partition coefficient (Wildman–Crippen LogP) is 6.29. The molecule has 0 aromatic carbocycles. The number of aryl methyl sites for hydroxylation is 4. The van der Waals surface area contributed by atoms with Crippen molar-refractivity contribution < 1.29 is 19.8 Å². The SMILES string of the molecule is CCc1c(C)c2cc3nc(cc4[nH]c(cc5nc(cc1[nH]2)C(C)=C5C[C@@H](N)C(=O)O)c(CCC(=O)O)c4C)C(C)=C3[C@@H]1CS1. The van der Waals surface area contributed by atoms with E-state index in [9.17, 15) is 19.8 Å². The van der Waals surface area contributed by atoms with Gasteiger partial charge < -0.3 is 25.9 Å². The minimum Gasteiger partial charge on any atom is -0.481 e. The van der Waals surface area contributed by atoms with E-state index in [4.69, 9.17) is 15.7 Å². The number of carboxylic acid groups (broad SMARTS) is 2. The Labute approximate surface area is 259 Å². The summed E-state index contributed by atoms with van der Waals surface area (Å²) < 4.78 is 0. The van der Waals surface area contributed by atoms with Gasteiger partial charge in [0.1, 0.15) is 6.04 Å². The molecule has 9 nitrogen and oxygen atoms in total. The van der Waals surface area contributed by atoms with Crippen LogP contribution < -0.4 is 5.73 Å². The summed E-state index contributed by atoms with van der Waals surface area (Å²) in [6.45, 7) is 10.3. The number of nitrogens with zero attached hydrogens (tertiary/aromatic N) is 2. The standard InChI is InChI=1S/C34H37N5O4S/c1-6-19-15(2)25-12-30-33(31-14-44-31)18(5)26(39-30)10-23-16(3)20(7-8-32(40)41)28(37-23)13-29-21(9-22(35)34(42)43)17(4)24(38-29)11-27(19)36-25/h10-13,22,31,36-37H,6-9,14,35H2,1-5H3,(H,40,41)(H,42,43)/t22-,31+/m1/s1. The van der Waals surface area contributed by atoms with Crippen LogP contribution in [-0.2, 0) is 22.4 Å². The molecule has 228 valence electrons. The summed E-state index contributed by atoms with van der Waals surface area (Å²) in [5.41, 5.74) is 21.0. The first-order valence-corrected chi connectivity index (χ1v) is 16.0. The van der Waals surface area contributed by atoms with Crippen LogP contribution >= 0.6 is 11.8 Å². The molecule has 6 N–H and O–H groups in total. The van der Waals surface area contributed by atoms with Crippen LogP contribution in [0.3, 0.4) is 0 Å². The highest BCUT2D eigenvalue weighted by Gasteiger charge is 2.33. The molecule has 10 heteroatoms. The van der Waals surface area contributed by atoms with Gasteiger partial charge >= 0.3 is 11.9 Å². The molecule has 6 heterocycles. The van der Waals surface area contributed by atoms with E-state index in [0.717, 1.165) is 79.2 Å². The first-order chi connectivity index (χ1) is 21.0. The number of carboxylic acids is 2. The number of hydrogen-bond acceptors (Lipinski definition) is 6.